The largest absolute Gasteiger partial charge is 0.349 e. The number of hydrogen-bond acceptors (Lipinski definition) is 5. The van der Waals surface area contributed by atoms with Crippen LogP contribution in [0.1, 0.15) is 23.2 Å². The first kappa shape index (κ1) is 18.3. The van der Waals surface area contributed by atoms with E-state index < -0.39 is 0 Å². The molecule has 2 N–H and O–H groups in total. The topological polar surface area (TPSA) is 71.1 Å². The number of nitrogens with one attached hydrogen (secondary N) is 2. The van der Waals surface area contributed by atoms with Crippen LogP contribution in [0.4, 0.5) is 5.69 Å². The summed E-state index contributed by atoms with van der Waals surface area (Å²) in [6.45, 7) is 0. The van der Waals surface area contributed by atoms with Gasteiger partial charge in [-0.3, -0.25) is 9.59 Å². The second kappa shape index (κ2) is 7.88. The molecule has 8 heteroatoms. The Balaban J connectivity index is 1.39. The van der Waals surface area contributed by atoms with E-state index in [0.717, 1.165) is 27.4 Å². The summed E-state index contributed by atoms with van der Waals surface area (Å²) in [6.07, 6.45) is 2.04. The number of benzene rings is 2. The number of carbonyl (C=O) groups is 2. The Bertz CT molecular complexity index is 1020. The Labute approximate surface area is 169 Å². The van der Waals surface area contributed by atoms with Gasteiger partial charge in [0.25, 0.3) is 5.91 Å². The lowest BCUT2D eigenvalue weighted by Gasteiger charge is -2.10. The molecule has 138 valence electrons. The number of para-hydroxylation sites is 1. The molecular formula is C19H16ClN3O2S2. The van der Waals surface area contributed by atoms with Crippen LogP contribution >= 0.6 is 34.7 Å². The highest BCUT2D eigenvalue weighted by Gasteiger charge is 2.25. The number of anilines is 1. The number of thioether (sulfide) groups is 1. The van der Waals surface area contributed by atoms with E-state index in [9.17, 15) is 9.59 Å². The predicted octanol–water partition coefficient (Wildman–Crippen LogP) is 4.57. The highest BCUT2D eigenvalue weighted by molar-refractivity contribution is 8.01. The van der Waals surface area contributed by atoms with Gasteiger partial charge in [0.1, 0.15) is 0 Å². The zero-order valence-corrected chi connectivity index (χ0v) is 16.6. The number of nitrogens with zero attached hydrogens (tertiary/aromatic N) is 1. The molecule has 0 spiro atoms. The van der Waals surface area contributed by atoms with E-state index in [4.69, 9.17) is 11.6 Å². The average molecular weight is 418 g/mol. The van der Waals surface area contributed by atoms with E-state index in [1.54, 1.807) is 24.3 Å². The molecule has 2 amide bonds. The highest BCUT2D eigenvalue weighted by atomic mass is 35.5. The fourth-order valence-electron chi connectivity index (χ4n) is 2.54. The molecule has 0 atom stereocenters. The first-order valence-electron chi connectivity index (χ1n) is 8.47. The van der Waals surface area contributed by atoms with Gasteiger partial charge in [0.05, 0.1) is 27.2 Å². The lowest BCUT2D eigenvalue weighted by Crippen LogP contribution is -2.27. The van der Waals surface area contributed by atoms with E-state index in [1.165, 1.54) is 23.1 Å². The molecule has 1 heterocycles. The average Bonchev–Trinajstić information content (AvgIpc) is 3.37. The molecule has 0 unspecified atom stereocenters. The van der Waals surface area contributed by atoms with Crippen molar-refractivity contribution in [2.24, 2.45) is 0 Å². The van der Waals surface area contributed by atoms with Crippen LogP contribution in [0.5, 0.6) is 0 Å². The maximum atomic E-state index is 12.4. The number of hydrogen-bond donors (Lipinski definition) is 2. The second-order valence-corrected chi connectivity index (χ2v) is 8.91. The third kappa shape index (κ3) is 4.61. The first-order valence-corrected chi connectivity index (χ1v) is 10.6. The number of amides is 2. The number of fused-ring (bicyclic) bond motifs is 1. The van der Waals surface area contributed by atoms with Gasteiger partial charge in [-0.25, -0.2) is 4.98 Å². The van der Waals surface area contributed by atoms with Crippen molar-refractivity contribution in [1.29, 1.82) is 0 Å². The monoisotopic (exact) mass is 417 g/mol. The number of thiazole rings is 1. The summed E-state index contributed by atoms with van der Waals surface area (Å²) in [5.74, 6) is -0.111. The van der Waals surface area contributed by atoms with Crippen LogP contribution in [0.15, 0.2) is 46.8 Å². The summed E-state index contributed by atoms with van der Waals surface area (Å²) < 4.78 is 1.84. The third-order valence-electron chi connectivity index (χ3n) is 4.02. The Morgan fingerprint density at radius 2 is 2.04 bits per heavy atom. The lowest BCUT2D eigenvalue weighted by molar-refractivity contribution is -0.113. The van der Waals surface area contributed by atoms with Crippen LogP contribution in [0.2, 0.25) is 5.02 Å². The molecule has 0 aliphatic heterocycles. The molecule has 3 aromatic rings. The number of carbonyl (C=O) groups excluding carboxylic acids is 2. The number of rotatable bonds is 6. The molecule has 27 heavy (non-hydrogen) atoms. The summed E-state index contributed by atoms with van der Waals surface area (Å²) in [7, 11) is 0. The Morgan fingerprint density at radius 1 is 1.22 bits per heavy atom. The SMILES string of the molecule is O=C(CSc1nc2cc(Cl)ccc2s1)Nc1ccccc1C(=O)NC1CC1. The minimum absolute atomic E-state index is 0.149. The van der Waals surface area contributed by atoms with Crippen molar-refractivity contribution in [3.05, 3.63) is 53.1 Å². The molecule has 4 rings (SSSR count). The maximum Gasteiger partial charge on any atom is 0.253 e. The van der Waals surface area contributed by atoms with Crippen molar-refractivity contribution in [1.82, 2.24) is 10.3 Å². The van der Waals surface area contributed by atoms with Crippen molar-refractivity contribution in [2.75, 3.05) is 11.1 Å². The fourth-order valence-corrected chi connectivity index (χ4v) is 4.55. The van der Waals surface area contributed by atoms with E-state index in [2.05, 4.69) is 15.6 Å². The van der Waals surface area contributed by atoms with Gasteiger partial charge in [-0.15, -0.1) is 11.3 Å². The molecule has 1 aliphatic carbocycles. The van der Waals surface area contributed by atoms with E-state index >= 15 is 0 Å². The third-order valence-corrected chi connectivity index (χ3v) is 6.43. The predicted molar refractivity (Wildman–Crippen MR) is 111 cm³/mol. The van der Waals surface area contributed by atoms with Gasteiger partial charge in [0.2, 0.25) is 5.91 Å². The van der Waals surface area contributed by atoms with E-state index in [-0.39, 0.29) is 23.6 Å². The van der Waals surface area contributed by atoms with Crippen LogP contribution in [-0.4, -0.2) is 28.6 Å². The lowest BCUT2D eigenvalue weighted by atomic mass is 10.1. The van der Waals surface area contributed by atoms with Gasteiger partial charge in [0.15, 0.2) is 4.34 Å². The molecule has 0 radical (unpaired) electrons. The van der Waals surface area contributed by atoms with Crippen molar-refractivity contribution in [3.63, 3.8) is 0 Å². The minimum atomic E-state index is -0.177. The van der Waals surface area contributed by atoms with Gasteiger partial charge in [-0.05, 0) is 43.2 Å². The minimum Gasteiger partial charge on any atom is -0.349 e. The van der Waals surface area contributed by atoms with Crippen molar-refractivity contribution in [3.8, 4) is 0 Å². The van der Waals surface area contributed by atoms with E-state index in [1.807, 2.05) is 18.2 Å². The molecule has 0 bridgehead atoms. The normalized spacial score (nSPS) is 13.5. The van der Waals surface area contributed by atoms with Gasteiger partial charge in [-0.1, -0.05) is 35.5 Å². The molecule has 1 aromatic heterocycles. The summed E-state index contributed by atoms with van der Waals surface area (Å²) in [6, 6.07) is 12.9. The van der Waals surface area contributed by atoms with Gasteiger partial charge in [0, 0.05) is 11.1 Å². The highest BCUT2D eigenvalue weighted by Crippen LogP contribution is 2.31. The van der Waals surface area contributed by atoms with Crippen LogP contribution in [0, 0.1) is 0 Å². The zero-order chi connectivity index (χ0) is 18.8. The van der Waals surface area contributed by atoms with Gasteiger partial charge in [-0.2, -0.15) is 0 Å². The molecule has 1 aliphatic rings. The first-order chi connectivity index (χ1) is 13.1. The van der Waals surface area contributed by atoms with Crippen molar-refractivity contribution in [2.45, 2.75) is 23.2 Å². The van der Waals surface area contributed by atoms with Gasteiger partial charge < -0.3 is 10.6 Å². The molecule has 0 saturated heterocycles. The van der Waals surface area contributed by atoms with Crippen LogP contribution < -0.4 is 10.6 Å². The van der Waals surface area contributed by atoms with Crippen molar-refractivity contribution < 1.29 is 9.59 Å². The number of aromatic nitrogens is 1. The van der Waals surface area contributed by atoms with Crippen LogP contribution in [0.3, 0.4) is 0 Å². The quantitative estimate of drug-likeness (QED) is 0.576. The van der Waals surface area contributed by atoms with Crippen LogP contribution in [0.25, 0.3) is 10.2 Å². The second-order valence-electron chi connectivity index (χ2n) is 6.22. The summed E-state index contributed by atoms with van der Waals surface area (Å²) in [5, 5.41) is 6.42. The fraction of sp³-hybridized carbons (Fsp3) is 0.211. The van der Waals surface area contributed by atoms with E-state index in [0.29, 0.717) is 16.3 Å². The summed E-state index contributed by atoms with van der Waals surface area (Å²) in [5.41, 5.74) is 1.84. The molecular weight excluding hydrogens is 402 g/mol. The summed E-state index contributed by atoms with van der Waals surface area (Å²) >= 11 is 8.87. The standard InChI is InChI=1S/C19H16ClN3O2S2/c20-11-5-8-16-15(9-11)23-19(27-16)26-10-17(24)22-14-4-2-1-3-13(14)18(25)21-12-6-7-12/h1-5,8-9,12H,6-7,10H2,(H,21,25)(H,22,24). The molecule has 2 aromatic carbocycles. The maximum absolute atomic E-state index is 12.4. The van der Waals surface area contributed by atoms with Crippen LogP contribution in [-0.2, 0) is 4.79 Å². The number of halogens is 1. The molecule has 5 nitrogen and oxygen atoms in total. The Morgan fingerprint density at radius 3 is 2.85 bits per heavy atom. The summed E-state index contributed by atoms with van der Waals surface area (Å²) in [4.78, 5) is 29.2. The van der Waals surface area contributed by atoms with Crippen molar-refractivity contribution >= 4 is 62.4 Å². The Hall–Kier alpha value is -2.09. The molecule has 1 fully saturated rings. The molecule has 1 saturated carbocycles. The smallest absolute Gasteiger partial charge is 0.253 e. The zero-order valence-electron chi connectivity index (χ0n) is 14.2. The van der Waals surface area contributed by atoms with Gasteiger partial charge >= 0.3 is 0 Å². The Kier molecular flexibility index (Phi) is 5.33.